The summed E-state index contributed by atoms with van der Waals surface area (Å²) in [4.78, 5) is 4.60. The molecule has 4 nitrogen and oxygen atoms in total. The number of hydrogen-bond donors (Lipinski definition) is 2. The molecule has 5 atom stereocenters. The van der Waals surface area contributed by atoms with Gasteiger partial charge in [0.1, 0.15) is 5.75 Å². The molecule has 162 valence electrons. The number of aromatic nitrogens is 1. The van der Waals surface area contributed by atoms with Gasteiger partial charge in [0.05, 0.1) is 30.0 Å². The molecule has 2 fully saturated rings. The Morgan fingerprint density at radius 3 is 2.77 bits per heavy atom. The van der Waals surface area contributed by atoms with E-state index in [2.05, 4.69) is 23.2 Å². The van der Waals surface area contributed by atoms with Crippen molar-refractivity contribution in [3.05, 3.63) is 45.4 Å². The molecule has 5 rings (SSSR count). The Hall–Kier alpha value is -1.43. The maximum atomic E-state index is 10.8. The van der Waals surface area contributed by atoms with Gasteiger partial charge < -0.3 is 14.9 Å². The number of fused-ring (bicyclic) bond motifs is 2. The molecule has 0 bridgehead atoms. The third-order valence-corrected chi connectivity index (χ3v) is 8.78. The number of aliphatic hydroxyl groups excluding tert-OH is 2. The molecule has 1 aromatic heterocycles. The molecule has 30 heavy (non-hydrogen) atoms. The summed E-state index contributed by atoms with van der Waals surface area (Å²) < 4.78 is 6.25. The number of aryl methyl sites for hydroxylation is 2. The van der Waals surface area contributed by atoms with Gasteiger partial charge in [-0.05, 0) is 86.5 Å². The second-order valence-corrected chi connectivity index (χ2v) is 10.4. The minimum absolute atomic E-state index is 0.0239. The highest BCUT2D eigenvalue weighted by Gasteiger charge is 2.46. The third-order valence-electron chi connectivity index (χ3n) is 7.72. The summed E-state index contributed by atoms with van der Waals surface area (Å²) in [5.41, 5.74) is 3.74. The van der Waals surface area contributed by atoms with Crippen molar-refractivity contribution in [2.75, 3.05) is 6.61 Å². The molecular weight excluding hydrogens is 394 g/mol. The zero-order chi connectivity index (χ0) is 20.5. The van der Waals surface area contributed by atoms with E-state index in [4.69, 9.17) is 4.74 Å². The number of thiazole rings is 1. The summed E-state index contributed by atoms with van der Waals surface area (Å²) in [5, 5.41) is 23.2. The first-order valence-corrected chi connectivity index (χ1v) is 12.6. The predicted molar refractivity (Wildman–Crippen MR) is 119 cm³/mol. The number of benzene rings is 1. The van der Waals surface area contributed by atoms with Crippen LogP contribution >= 0.6 is 11.3 Å². The largest absolute Gasteiger partial charge is 0.493 e. The fourth-order valence-electron chi connectivity index (χ4n) is 6.10. The smallest absolute Gasteiger partial charge is 0.119 e. The summed E-state index contributed by atoms with van der Waals surface area (Å²) in [7, 11) is 0. The number of aliphatic hydroxyl groups is 2. The molecule has 3 aliphatic rings. The summed E-state index contributed by atoms with van der Waals surface area (Å²) >= 11 is 1.68. The van der Waals surface area contributed by atoms with Crippen LogP contribution in [0.2, 0.25) is 0 Å². The Kier molecular flexibility index (Phi) is 6.12. The fraction of sp³-hybridized carbons (Fsp3) is 0.640. The van der Waals surface area contributed by atoms with E-state index in [1.54, 1.807) is 11.3 Å². The van der Waals surface area contributed by atoms with Gasteiger partial charge in [0, 0.05) is 17.2 Å². The number of rotatable bonds is 5. The van der Waals surface area contributed by atoms with E-state index in [0.717, 1.165) is 42.1 Å². The molecule has 0 aliphatic heterocycles. The Bertz CT molecular complexity index is 866. The van der Waals surface area contributed by atoms with Gasteiger partial charge in [0.25, 0.3) is 0 Å². The lowest BCUT2D eigenvalue weighted by Crippen LogP contribution is -2.29. The summed E-state index contributed by atoms with van der Waals surface area (Å²) in [6, 6.07) is 6.63. The molecule has 2 aromatic rings. The fourth-order valence-corrected chi connectivity index (χ4v) is 7.06. The van der Waals surface area contributed by atoms with Crippen molar-refractivity contribution < 1.29 is 14.9 Å². The van der Waals surface area contributed by atoms with E-state index in [9.17, 15) is 10.2 Å². The standard InChI is InChI=1S/C25H33NO3S/c27-13-20-15-30-25(26-20)18-7-9-22-19(10-18)12-24(28)23(22)14-29-21-8-6-16-4-2-1-3-5-17(16)11-21/h6,8,11,15,18-19,22-24,27-28H,1-5,7,9-10,12-14H2/t18-,19-,22-,23+,24-/m0/s1. The summed E-state index contributed by atoms with van der Waals surface area (Å²) in [6.45, 7) is 0.647. The zero-order valence-electron chi connectivity index (χ0n) is 17.6. The Morgan fingerprint density at radius 2 is 1.93 bits per heavy atom. The van der Waals surface area contributed by atoms with Crippen LogP contribution in [0.5, 0.6) is 5.75 Å². The van der Waals surface area contributed by atoms with Crippen molar-refractivity contribution in [2.45, 2.75) is 76.4 Å². The van der Waals surface area contributed by atoms with Crippen LogP contribution in [0.25, 0.3) is 0 Å². The van der Waals surface area contributed by atoms with Gasteiger partial charge in [0.2, 0.25) is 0 Å². The van der Waals surface area contributed by atoms with Crippen molar-refractivity contribution in [1.82, 2.24) is 4.98 Å². The second-order valence-electron chi connectivity index (χ2n) is 9.54. The SMILES string of the molecule is OCc1csc([C@H]2CC[C@H]3[C@@H](C2)C[C@H](O)[C@@H]3COc2ccc3c(c2)CCCCC3)n1. The van der Waals surface area contributed by atoms with E-state index >= 15 is 0 Å². The number of hydrogen-bond acceptors (Lipinski definition) is 5. The van der Waals surface area contributed by atoms with Gasteiger partial charge in [-0.2, -0.15) is 0 Å². The number of nitrogens with zero attached hydrogens (tertiary/aromatic N) is 1. The normalized spacial score (nSPS) is 31.1. The summed E-state index contributed by atoms with van der Waals surface area (Å²) in [5.74, 6) is 2.79. The molecule has 0 amide bonds. The van der Waals surface area contributed by atoms with Crippen molar-refractivity contribution in [1.29, 1.82) is 0 Å². The van der Waals surface area contributed by atoms with Gasteiger partial charge in [0.15, 0.2) is 0 Å². The minimum Gasteiger partial charge on any atom is -0.493 e. The Labute approximate surface area is 183 Å². The molecule has 0 saturated heterocycles. The first-order valence-electron chi connectivity index (χ1n) is 11.7. The molecule has 2 N–H and O–H groups in total. The minimum atomic E-state index is -0.260. The van der Waals surface area contributed by atoms with E-state index in [-0.39, 0.29) is 18.6 Å². The maximum Gasteiger partial charge on any atom is 0.119 e. The van der Waals surface area contributed by atoms with Crippen LogP contribution in [0.15, 0.2) is 23.6 Å². The van der Waals surface area contributed by atoms with Gasteiger partial charge in [-0.15, -0.1) is 11.3 Å². The monoisotopic (exact) mass is 427 g/mol. The molecule has 1 heterocycles. The van der Waals surface area contributed by atoms with Crippen molar-refractivity contribution in [2.24, 2.45) is 17.8 Å². The van der Waals surface area contributed by atoms with Crippen LogP contribution < -0.4 is 4.74 Å². The van der Waals surface area contributed by atoms with Crippen molar-refractivity contribution in [3.8, 4) is 5.75 Å². The van der Waals surface area contributed by atoms with E-state index < -0.39 is 0 Å². The molecule has 1 aromatic carbocycles. The third kappa shape index (κ3) is 4.17. The lowest BCUT2D eigenvalue weighted by atomic mass is 9.73. The average Bonchev–Trinajstić information content (AvgIpc) is 3.28. The topological polar surface area (TPSA) is 62.6 Å². The van der Waals surface area contributed by atoms with Crippen LogP contribution in [0.3, 0.4) is 0 Å². The van der Waals surface area contributed by atoms with Crippen LogP contribution in [0, 0.1) is 17.8 Å². The van der Waals surface area contributed by atoms with Gasteiger partial charge in [-0.25, -0.2) is 4.98 Å². The highest BCUT2D eigenvalue weighted by atomic mass is 32.1. The zero-order valence-corrected chi connectivity index (χ0v) is 18.4. The van der Waals surface area contributed by atoms with Gasteiger partial charge >= 0.3 is 0 Å². The summed E-state index contributed by atoms with van der Waals surface area (Å²) in [6.07, 6.45) is 10.3. The van der Waals surface area contributed by atoms with Crippen molar-refractivity contribution in [3.63, 3.8) is 0 Å². The molecule has 0 spiro atoms. The van der Waals surface area contributed by atoms with Gasteiger partial charge in [-0.1, -0.05) is 12.5 Å². The molecule has 0 radical (unpaired) electrons. The first kappa shape index (κ1) is 20.5. The van der Waals surface area contributed by atoms with E-state index in [1.807, 2.05) is 5.38 Å². The average molecular weight is 428 g/mol. The lowest BCUT2D eigenvalue weighted by molar-refractivity contribution is 0.0740. The van der Waals surface area contributed by atoms with Crippen LogP contribution in [0.4, 0.5) is 0 Å². The highest BCUT2D eigenvalue weighted by Crippen LogP contribution is 2.50. The number of ether oxygens (including phenoxy) is 1. The molecule has 0 unspecified atom stereocenters. The molecule has 3 aliphatic carbocycles. The highest BCUT2D eigenvalue weighted by molar-refractivity contribution is 7.09. The predicted octanol–water partition coefficient (Wildman–Crippen LogP) is 4.86. The Balaban J connectivity index is 1.21. The molecule has 2 saturated carbocycles. The van der Waals surface area contributed by atoms with Crippen LogP contribution in [0.1, 0.15) is 72.7 Å². The van der Waals surface area contributed by atoms with Crippen LogP contribution in [-0.4, -0.2) is 27.9 Å². The van der Waals surface area contributed by atoms with E-state index in [1.165, 1.54) is 43.2 Å². The van der Waals surface area contributed by atoms with E-state index in [0.29, 0.717) is 24.4 Å². The second kappa shape index (κ2) is 8.97. The lowest BCUT2D eigenvalue weighted by Gasteiger charge is -2.33. The van der Waals surface area contributed by atoms with Crippen molar-refractivity contribution >= 4 is 11.3 Å². The molecular formula is C25H33NO3S. The molecule has 5 heteroatoms. The quantitative estimate of drug-likeness (QED) is 0.669. The maximum absolute atomic E-state index is 10.8. The van der Waals surface area contributed by atoms with Crippen LogP contribution in [-0.2, 0) is 19.4 Å². The Morgan fingerprint density at radius 1 is 1.07 bits per heavy atom. The van der Waals surface area contributed by atoms with Gasteiger partial charge in [-0.3, -0.25) is 0 Å². The first-order chi connectivity index (χ1) is 14.7.